The summed E-state index contributed by atoms with van der Waals surface area (Å²) in [5, 5.41) is 3.05. The molecule has 6 heteroatoms. The first kappa shape index (κ1) is 19.8. The third-order valence-corrected chi connectivity index (χ3v) is 5.66. The summed E-state index contributed by atoms with van der Waals surface area (Å²) < 4.78 is 26.7. The lowest BCUT2D eigenvalue weighted by atomic mass is 9.93. The monoisotopic (exact) mass is 378 g/mol. The summed E-state index contributed by atoms with van der Waals surface area (Å²) in [7, 11) is 0. The van der Waals surface area contributed by atoms with Crippen LogP contribution in [0.25, 0.3) is 0 Å². The van der Waals surface area contributed by atoms with Crippen LogP contribution in [0, 0.1) is 29.4 Å². The SMILES string of the molecule is CC(C)C[C@H]1C(=O)N[C@@H](C(C)C)CN1C(=O)[C@@H]1C[C@H]1c1ccc(F)c(F)c1. The Morgan fingerprint density at radius 2 is 1.93 bits per heavy atom. The minimum Gasteiger partial charge on any atom is -0.350 e. The smallest absolute Gasteiger partial charge is 0.243 e. The Kier molecular flexibility index (Phi) is 5.54. The van der Waals surface area contributed by atoms with Crippen molar-refractivity contribution in [3.63, 3.8) is 0 Å². The summed E-state index contributed by atoms with van der Waals surface area (Å²) in [6.45, 7) is 8.62. The number of carbonyl (C=O) groups is 2. The third kappa shape index (κ3) is 4.14. The van der Waals surface area contributed by atoms with Crippen LogP contribution in [0.15, 0.2) is 18.2 Å². The summed E-state index contributed by atoms with van der Waals surface area (Å²) in [5.74, 6) is -1.76. The maximum atomic E-state index is 13.5. The van der Waals surface area contributed by atoms with Gasteiger partial charge in [0, 0.05) is 18.5 Å². The Hall–Kier alpha value is -1.98. The molecule has 1 saturated carbocycles. The molecule has 1 heterocycles. The van der Waals surface area contributed by atoms with Gasteiger partial charge in [0.2, 0.25) is 11.8 Å². The number of amides is 2. The topological polar surface area (TPSA) is 49.4 Å². The van der Waals surface area contributed by atoms with E-state index in [1.54, 1.807) is 11.0 Å². The van der Waals surface area contributed by atoms with Crippen molar-refractivity contribution in [1.82, 2.24) is 10.2 Å². The molecule has 2 fully saturated rings. The highest BCUT2D eigenvalue weighted by Crippen LogP contribution is 2.49. The summed E-state index contributed by atoms with van der Waals surface area (Å²) in [4.78, 5) is 27.5. The zero-order valence-corrected chi connectivity index (χ0v) is 16.3. The number of rotatable bonds is 5. The second kappa shape index (κ2) is 7.56. The van der Waals surface area contributed by atoms with Gasteiger partial charge in [-0.25, -0.2) is 8.78 Å². The summed E-state index contributed by atoms with van der Waals surface area (Å²) in [6, 6.07) is 3.31. The summed E-state index contributed by atoms with van der Waals surface area (Å²) >= 11 is 0. The van der Waals surface area contributed by atoms with Gasteiger partial charge < -0.3 is 10.2 Å². The fraction of sp³-hybridized carbons (Fsp3) is 0.619. The molecule has 3 rings (SSSR count). The van der Waals surface area contributed by atoms with Gasteiger partial charge in [-0.3, -0.25) is 9.59 Å². The number of hydrogen-bond donors (Lipinski definition) is 1. The van der Waals surface area contributed by atoms with E-state index >= 15 is 0 Å². The van der Waals surface area contributed by atoms with Crippen molar-refractivity contribution in [3.05, 3.63) is 35.4 Å². The van der Waals surface area contributed by atoms with Crippen molar-refractivity contribution in [2.24, 2.45) is 17.8 Å². The molecule has 0 unspecified atom stereocenters. The van der Waals surface area contributed by atoms with Crippen molar-refractivity contribution in [3.8, 4) is 0 Å². The standard InChI is InChI=1S/C21H28F2N2O2/c1-11(2)7-19-20(26)24-18(12(3)4)10-25(19)21(27)15-9-14(15)13-5-6-16(22)17(23)8-13/h5-6,8,11-12,14-15,18-19H,7,9-10H2,1-4H3,(H,24,26)/t14-,15+,18+,19-/m0/s1. The molecule has 0 bridgehead atoms. The Morgan fingerprint density at radius 3 is 2.52 bits per heavy atom. The van der Waals surface area contributed by atoms with Gasteiger partial charge in [-0.05, 0) is 48.3 Å². The number of benzene rings is 1. The van der Waals surface area contributed by atoms with Gasteiger partial charge in [-0.15, -0.1) is 0 Å². The second-order valence-electron chi connectivity index (χ2n) is 8.62. The van der Waals surface area contributed by atoms with Crippen LogP contribution in [0.1, 0.15) is 52.0 Å². The van der Waals surface area contributed by atoms with Crippen LogP contribution in [0.3, 0.4) is 0 Å². The van der Waals surface area contributed by atoms with Crippen LogP contribution in [0.5, 0.6) is 0 Å². The number of nitrogens with one attached hydrogen (secondary N) is 1. The molecule has 4 nitrogen and oxygen atoms in total. The average molecular weight is 378 g/mol. The van der Waals surface area contributed by atoms with E-state index in [2.05, 4.69) is 5.32 Å². The zero-order chi connectivity index (χ0) is 19.9. The van der Waals surface area contributed by atoms with E-state index in [0.29, 0.717) is 24.9 Å². The molecule has 27 heavy (non-hydrogen) atoms. The van der Waals surface area contributed by atoms with Gasteiger partial charge in [0.05, 0.1) is 0 Å². The molecule has 2 amide bonds. The summed E-state index contributed by atoms with van der Waals surface area (Å²) in [5.41, 5.74) is 0.648. The van der Waals surface area contributed by atoms with Gasteiger partial charge >= 0.3 is 0 Å². The van der Waals surface area contributed by atoms with Crippen LogP contribution < -0.4 is 5.32 Å². The molecule has 148 valence electrons. The number of nitrogens with zero attached hydrogens (tertiary/aromatic N) is 1. The lowest BCUT2D eigenvalue weighted by Crippen LogP contribution is -2.63. The van der Waals surface area contributed by atoms with Crippen molar-refractivity contribution < 1.29 is 18.4 Å². The second-order valence-corrected chi connectivity index (χ2v) is 8.62. The fourth-order valence-corrected chi connectivity index (χ4v) is 3.90. The van der Waals surface area contributed by atoms with E-state index in [1.807, 2.05) is 27.7 Å². The molecule has 2 aliphatic rings. The largest absolute Gasteiger partial charge is 0.350 e. The van der Waals surface area contributed by atoms with Crippen LogP contribution in [0.4, 0.5) is 8.78 Å². The molecule has 1 aliphatic carbocycles. The molecule has 0 spiro atoms. The van der Waals surface area contributed by atoms with Gasteiger partial charge in [0.1, 0.15) is 6.04 Å². The zero-order valence-electron chi connectivity index (χ0n) is 16.3. The molecule has 1 aromatic carbocycles. The fourth-order valence-electron chi connectivity index (χ4n) is 3.90. The minimum absolute atomic E-state index is 0.0455. The summed E-state index contributed by atoms with van der Waals surface area (Å²) in [6.07, 6.45) is 1.23. The molecular weight excluding hydrogens is 350 g/mol. The predicted octanol–water partition coefficient (Wildman–Crippen LogP) is 3.47. The number of carbonyl (C=O) groups excluding carboxylic acids is 2. The van der Waals surface area contributed by atoms with Crippen LogP contribution >= 0.6 is 0 Å². The van der Waals surface area contributed by atoms with Crippen LogP contribution in [-0.4, -0.2) is 35.3 Å². The maximum absolute atomic E-state index is 13.5. The lowest BCUT2D eigenvalue weighted by molar-refractivity contribution is -0.147. The van der Waals surface area contributed by atoms with Gasteiger partial charge in [-0.2, -0.15) is 0 Å². The van der Waals surface area contributed by atoms with Gasteiger partial charge in [-0.1, -0.05) is 33.8 Å². The van der Waals surface area contributed by atoms with E-state index in [1.165, 1.54) is 6.07 Å². The first-order valence-electron chi connectivity index (χ1n) is 9.74. The first-order chi connectivity index (χ1) is 12.7. The normalized spacial score (nSPS) is 27.9. The van der Waals surface area contributed by atoms with E-state index in [0.717, 1.165) is 6.07 Å². The van der Waals surface area contributed by atoms with Crippen molar-refractivity contribution >= 4 is 11.8 Å². The molecule has 1 N–H and O–H groups in total. The minimum atomic E-state index is -0.888. The first-order valence-corrected chi connectivity index (χ1v) is 9.74. The van der Waals surface area contributed by atoms with Gasteiger partial charge in [0.25, 0.3) is 0 Å². The highest BCUT2D eigenvalue weighted by atomic mass is 19.2. The highest BCUT2D eigenvalue weighted by Gasteiger charge is 2.49. The average Bonchev–Trinajstić information content (AvgIpc) is 3.38. The predicted molar refractivity (Wildman–Crippen MR) is 98.9 cm³/mol. The molecule has 1 aromatic rings. The third-order valence-electron chi connectivity index (χ3n) is 5.66. The maximum Gasteiger partial charge on any atom is 0.243 e. The van der Waals surface area contributed by atoms with E-state index in [-0.39, 0.29) is 41.5 Å². The Labute approximate surface area is 159 Å². The number of halogens is 2. The Balaban J connectivity index is 1.77. The van der Waals surface area contributed by atoms with Gasteiger partial charge in [0.15, 0.2) is 11.6 Å². The molecule has 0 radical (unpaired) electrons. The van der Waals surface area contributed by atoms with E-state index in [9.17, 15) is 18.4 Å². The molecular formula is C21H28F2N2O2. The molecule has 4 atom stereocenters. The Morgan fingerprint density at radius 1 is 1.22 bits per heavy atom. The quantitative estimate of drug-likeness (QED) is 0.853. The highest BCUT2D eigenvalue weighted by molar-refractivity contribution is 5.91. The lowest BCUT2D eigenvalue weighted by Gasteiger charge is -2.41. The van der Waals surface area contributed by atoms with Crippen LogP contribution in [0.2, 0.25) is 0 Å². The van der Waals surface area contributed by atoms with Crippen LogP contribution in [-0.2, 0) is 9.59 Å². The molecule has 0 aromatic heterocycles. The number of hydrogen-bond acceptors (Lipinski definition) is 2. The Bertz CT molecular complexity index is 735. The molecule has 1 saturated heterocycles. The van der Waals surface area contributed by atoms with E-state index < -0.39 is 17.7 Å². The van der Waals surface area contributed by atoms with Crippen molar-refractivity contribution in [2.75, 3.05) is 6.54 Å². The molecule has 1 aliphatic heterocycles. The van der Waals surface area contributed by atoms with Crippen molar-refractivity contribution in [2.45, 2.75) is 58.5 Å². The number of piperazine rings is 1. The van der Waals surface area contributed by atoms with Crippen molar-refractivity contribution in [1.29, 1.82) is 0 Å². The van der Waals surface area contributed by atoms with E-state index in [4.69, 9.17) is 0 Å².